The molecule has 1 aliphatic rings. The minimum atomic E-state index is -0.659. The number of anilines is 1. The molecule has 0 radical (unpaired) electrons. The van der Waals surface area contributed by atoms with Crippen molar-refractivity contribution in [1.29, 1.82) is 0 Å². The van der Waals surface area contributed by atoms with Crippen molar-refractivity contribution in [2.24, 2.45) is 0 Å². The van der Waals surface area contributed by atoms with Crippen molar-refractivity contribution >= 4 is 28.3 Å². The van der Waals surface area contributed by atoms with E-state index >= 15 is 0 Å². The van der Waals surface area contributed by atoms with E-state index in [2.05, 4.69) is 10.3 Å². The molecule has 0 spiro atoms. The number of carbonyl (C=O) groups is 2. The summed E-state index contributed by atoms with van der Waals surface area (Å²) in [4.78, 5) is 29.4. The third-order valence-corrected chi connectivity index (χ3v) is 4.44. The van der Waals surface area contributed by atoms with Gasteiger partial charge < -0.3 is 19.5 Å². The zero-order valence-corrected chi connectivity index (χ0v) is 14.2. The summed E-state index contributed by atoms with van der Waals surface area (Å²) in [6.07, 6.45) is 1.03. The van der Waals surface area contributed by atoms with Gasteiger partial charge in [0.1, 0.15) is 11.7 Å². The topological polar surface area (TPSA) is 86.8 Å². The summed E-state index contributed by atoms with van der Waals surface area (Å²) in [6.45, 7) is 1.90. The first-order valence-electron chi connectivity index (χ1n) is 7.21. The smallest absolute Gasteiger partial charge is 0.343 e. The maximum absolute atomic E-state index is 12.2. The number of nitrogens with zero attached hydrogens (tertiary/aromatic N) is 1. The molecule has 1 unspecified atom stereocenters. The van der Waals surface area contributed by atoms with Crippen molar-refractivity contribution in [1.82, 2.24) is 4.98 Å². The number of benzene rings is 1. The van der Waals surface area contributed by atoms with Crippen LogP contribution in [0, 0.1) is 6.92 Å². The lowest BCUT2D eigenvalue weighted by Gasteiger charge is -2.12. The van der Waals surface area contributed by atoms with E-state index < -0.39 is 12.1 Å². The number of hydrogen-bond acceptors (Lipinski definition) is 7. The van der Waals surface area contributed by atoms with E-state index in [-0.39, 0.29) is 12.3 Å². The molecule has 7 nitrogen and oxygen atoms in total. The predicted molar refractivity (Wildman–Crippen MR) is 87.8 cm³/mol. The molecule has 1 aromatic carbocycles. The van der Waals surface area contributed by atoms with Crippen molar-refractivity contribution in [2.75, 3.05) is 19.5 Å². The summed E-state index contributed by atoms with van der Waals surface area (Å²) in [7, 11) is 2.95. The van der Waals surface area contributed by atoms with Crippen LogP contribution in [0.3, 0.4) is 0 Å². The van der Waals surface area contributed by atoms with Crippen LogP contribution in [-0.4, -0.2) is 31.1 Å². The molecule has 126 valence electrons. The molecular formula is C16H16N2O5S. The molecule has 1 N–H and O–H groups in total. The van der Waals surface area contributed by atoms with Crippen molar-refractivity contribution in [3.63, 3.8) is 0 Å². The molecule has 1 amide bonds. The van der Waals surface area contributed by atoms with Gasteiger partial charge in [0.2, 0.25) is 5.91 Å². The summed E-state index contributed by atoms with van der Waals surface area (Å²) in [5.41, 5.74) is 0.919. The van der Waals surface area contributed by atoms with Crippen molar-refractivity contribution in [3.05, 3.63) is 34.3 Å². The fourth-order valence-corrected chi connectivity index (χ4v) is 3.26. The van der Waals surface area contributed by atoms with Gasteiger partial charge in [-0.3, -0.25) is 4.79 Å². The zero-order valence-electron chi connectivity index (χ0n) is 13.4. The molecular weight excluding hydrogens is 332 g/mol. The Morgan fingerprint density at radius 3 is 2.79 bits per heavy atom. The molecule has 24 heavy (non-hydrogen) atoms. The maximum Gasteiger partial charge on any atom is 0.343 e. The van der Waals surface area contributed by atoms with Gasteiger partial charge in [0.25, 0.3) is 0 Å². The molecule has 1 atom stereocenters. The van der Waals surface area contributed by atoms with Crippen LogP contribution in [0.15, 0.2) is 18.3 Å². The van der Waals surface area contributed by atoms with E-state index in [0.717, 1.165) is 4.88 Å². The number of aromatic nitrogens is 1. The number of hydrogen-bond donors (Lipinski definition) is 1. The van der Waals surface area contributed by atoms with E-state index in [1.165, 1.54) is 25.6 Å². The van der Waals surface area contributed by atoms with Crippen LogP contribution in [-0.2, 0) is 9.53 Å². The summed E-state index contributed by atoms with van der Waals surface area (Å²) in [5.74, 6) is -0.0385. The highest BCUT2D eigenvalue weighted by atomic mass is 32.1. The van der Waals surface area contributed by atoms with Gasteiger partial charge in [-0.15, -0.1) is 11.3 Å². The Hall–Kier alpha value is -2.61. The van der Waals surface area contributed by atoms with Crippen LogP contribution in [0.4, 0.5) is 5.13 Å². The summed E-state index contributed by atoms with van der Waals surface area (Å²) < 4.78 is 15.8. The Morgan fingerprint density at radius 2 is 2.17 bits per heavy atom. The van der Waals surface area contributed by atoms with Crippen LogP contribution >= 0.6 is 11.3 Å². The van der Waals surface area contributed by atoms with E-state index in [0.29, 0.717) is 27.8 Å². The van der Waals surface area contributed by atoms with E-state index in [1.54, 1.807) is 18.3 Å². The molecule has 0 saturated carbocycles. The molecule has 2 aromatic rings. The lowest BCUT2D eigenvalue weighted by atomic mass is 10.0. The Kier molecular flexibility index (Phi) is 4.39. The fraction of sp³-hybridized carbons (Fsp3) is 0.312. The minimum Gasteiger partial charge on any atom is -0.493 e. The van der Waals surface area contributed by atoms with Crippen molar-refractivity contribution in [2.45, 2.75) is 19.4 Å². The van der Waals surface area contributed by atoms with E-state index in [9.17, 15) is 9.59 Å². The number of amides is 1. The molecule has 0 saturated heterocycles. The monoisotopic (exact) mass is 348 g/mol. The van der Waals surface area contributed by atoms with Crippen LogP contribution in [0.25, 0.3) is 0 Å². The van der Waals surface area contributed by atoms with Crippen LogP contribution < -0.4 is 14.8 Å². The number of rotatable bonds is 5. The number of ether oxygens (including phenoxy) is 3. The highest BCUT2D eigenvalue weighted by molar-refractivity contribution is 7.15. The third-order valence-electron chi connectivity index (χ3n) is 3.62. The number of esters is 1. The van der Waals surface area contributed by atoms with Gasteiger partial charge in [-0.1, -0.05) is 6.07 Å². The predicted octanol–water partition coefficient (Wildman–Crippen LogP) is 2.71. The first kappa shape index (κ1) is 16.3. The highest BCUT2D eigenvalue weighted by Crippen LogP contribution is 2.43. The molecule has 8 heteroatoms. The quantitative estimate of drug-likeness (QED) is 0.836. The highest BCUT2D eigenvalue weighted by Gasteiger charge is 2.36. The molecule has 0 bridgehead atoms. The van der Waals surface area contributed by atoms with Gasteiger partial charge in [0, 0.05) is 16.6 Å². The number of carbonyl (C=O) groups excluding carboxylic acids is 2. The van der Waals surface area contributed by atoms with E-state index in [1.807, 2.05) is 6.92 Å². The first-order valence-corrected chi connectivity index (χ1v) is 8.03. The fourth-order valence-electron chi connectivity index (χ4n) is 2.58. The number of fused-ring (bicyclic) bond motifs is 1. The number of nitrogens with one attached hydrogen (secondary N) is 1. The SMILES string of the molecule is COc1ccc2c(c1OC)C(=O)OC2CC(=O)Nc1ncc(C)s1. The van der Waals surface area contributed by atoms with Gasteiger partial charge >= 0.3 is 5.97 Å². The van der Waals surface area contributed by atoms with E-state index in [4.69, 9.17) is 14.2 Å². The molecule has 2 heterocycles. The standard InChI is InChI=1S/C16H16N2O5S/c1-8-7-17-16(24-8)18-12(19)6-11-9-4-5-10(21-2)14(22-3)13(9)15(20)23-11/h4-5,7,11H,6H2,1-3H3,(H,17,18,19). The third kappa shape index (κ3) is 2.92. The Balaban J connectivity index is 1.80. The lowest BCUT2D eigenvalue weighted by Crippen LogP contribution is -2.15. The Bertz CT molecular complexity index is 802. The summed E-state index contributed by atoms with van der Waals surface area (Å²) in [6, 6.07) is 3.40. The average Bonchev–Trinajstić information content (AvgIpc) is 3.10. The van der Waals surface area contributed by atoms with Gasteiger partial charge in [0.05, 0.1) is 20.6 Å². The number of methoxy groups -OCH3 is 2. The van der Waals surface area contributed by atoms with Crippen LogP contribution in [0.1, 0.15) is 33.3 Å². The zero-order chi connectivity index (χ0) is 17.3. The van der Waals surface area contributed by atoms with Crippen molar-refractivity contribution in [3.8, 4) is 11.5 Å². The molecule has 1 aliphatic heterocycles. The second kappa shape index (κ2) is 6.48. The van der Waals surface area contributed by atoms with Crippen LogP contribution in [0.2, 0.25) is 0 Å². The molecule has 0 aliphatic carbocycles. The average molecular weight is 348 g/mol. The number of aryl methyl sites for hydroxylation is 1. The second-order valence-electron chi connectivity index (χ2n) is 5.19. The number of thiazole rings is 1. The Labute approximate surface area is 142 Å². The van der Waals surface area contributed by atoms with Gasteiger partial charge in [-0.05, 0) is 13.0 Å². The first-order chi connectivity index (χ1) is 11.5. The van der Waals surface area contributed by atoms with Gasteiger partial charge in [0.15, 0.2) is 16.6 Å². The molecule has 3 rings (SSSR count). The van der Waals surface area contributed by atoms with Crippen molar-refractivity contribution < 1.29 is 23.8 Å². The van der Waals surface area contributed by atoms with Gasteiger partial charge in [-0.2, -0.15) is 0 Å². The lowest BCUT2D eigenvalue weighted by molar-refractivity contribution is -0.118. The normalized spacial score (nSPS) is 15.6. The summed E-state index contributed by atoms with van der Waals surface area (Å²) in [5, 5.41) is 3.23. The minimum absolute atomic E-state index is 0.00680. The molecule has 1 aromatic heterocycles. The maximum atomic E-state index is 12.2. The Morgan fingerprint density at radius 1 is 1.38 bits per heavy atom. The largest absolute Gasteiger partial charge is 0.493 e. The number of cyclic esters (lactones) is 1. The molecule has 0 fully saturated rings. The second-order valence-corrected chi connectivity index (χ2v) is 6.42. The van der Waals surface area contributed by atoms with Gasteiger partial charge in [-0.25, -0.2) is 9.78 Å². The summed E-state index contributed by atoms with van der Waals surface area (Å²) >= 11 is 1.38. The van der Waals surface area contributed by atoms with Crippen LogP contribution in [0.5, 0.6) is 11.5 Å².